The lowest BCUT2D eigenvalue weighted by atomic mass is 10.0. The van der Waals surface area contributed by atoms with Gasteiger partial charge in [-0.05, 0) is 12.1 Å². The molecule has 132 valence electrons. The molecule has 0 bridgehead atoms. The topological polar surface area (TPSA) is 89.8 Å². The zero-order valence-electron chi connectivity index (χ0n) is 14.5. The number of nitrogens with one attached hydrogen (secondary N) is 1. The Morgan fingerprint density at radius 1 is 0.962 bits per heavy atom. The number of nitrogens with zero attached hydrogens (tertiary/aromatic N) is 3. The number of carbonyl (C=O) groups is 1. The van der Waals surface area contributed by atoms with Gasteiger partial charge in [-0.25, -0.2) is 4.79 Å². The molecule has 2 aromatic heterocycles. The first-order valence-electron chi connectivity index (χ1n) is 7.99. The van der Waals surface area contributed by atoms with Gasteiger partial charge >= 0.3 is 5.69 Å². The summed E-state index contributed by atoms with van der Waals surface area (Å²) >= 11 is 0. The van der Waals surface area contributed by atoms with Crippen LogP contribution < -0.4 is 16.6 Å². The lowest BCUT2D eigenvalue weighted by Crippen LogP contribution is -2.43. The second-order valence-corrected chi connectivity index (χ2v) is 5.98. The Hall–Kier alpha value is -3.48. The van der Waals surface area contributed by atoms with Crippen molar-refractivity contribution in [2.45, 2.75) is 6.54 Å². The minimum atomic E-state index is -0.616. The minimum Gasteiger partial charge on any atom is -0.348 e. The second-order valence-electron chi connectivity index (χ2n) is 5.98. The van der Waals surface area contributed by atoms with Crippen molar-refractivity contribution in [2.24, 2.45) is 14.1 Å². The molecule has 0 atom stereocenters. The molecule has 7 heteroatoms. The summed E-state index contributed by atoms with van der Waals surface area (Å²) in [4.78, 5) is 38.0. The molecule has 0 aliphatic heterocycles. The zero-order chi connectivity index (χ0) is 18.8. The molecule has 0 spiro atoms. The number of hydrogen-bond donors (Lipinski definition) is 1. The fraction of sp³-hybridized carbons (Fsp3) is 0.158. The predicted molar refractivity (Wildman–Crippen MR) is 96.2 cm³/mol. The molecule has 7 nitrogen and oxygen atoms in total. The molecule has 2 heterocycles. The van der Waals surface area contributed by atoms with E-state index in [2.05, 4.69) is 0 Å². The fourth-order valence-corrected chi connectivity index (χ4v) is 2.77. The van der Waals surface area contributed by atoms with Crippen LogP contribution in [0.15, 0.2) is 64.4 Å². The van der Waals surface area contributed by atoms with E-state index in [1.807, 2.05) is 0 Å². The van der Waals surface area contributed by atoms with E-state index in [4.69, 9.17) is 5.41 Å². The van der Waals surface area contributed by atoms with Gasteiger partial charge in [-0.3, -0.25) is 18.7 Å². The van der Waals surface area contributed by atoms with Crippen molar-refractivity contribution >= 4 is 5.78 Å². The average molecular weight is 350 g/mol. The summed E-state index contributed by atoms with van der Waals surface area (Å²) in [6.45, 7) is 0.163. The summed E-state index contributed by atoms with van der Waals surface area (Å²) in [5.41, 5.74) is -0.420. The van der Waals surface area contributed by atoms with Gasteiger partial charge < -0.3 is 9.98 Å². The second kappa shape index (κ2) is 6.79. The smallest absolute Gasteiger partial charge is 0.330 e. The Bertz CT molecular complexity index is 1130. The number of benzene rings is 1. The van der Waals surface area contributed by atoms with E-state index in [1.165, 1.54) is 18.7 Å². The molecule has 1 N–H and O–H groups in total. The van der Waals surface area contributed by atoms with Gasteiger partial charge in [0.05, 0.1) is 17.6 Å². The summed E-state index contributed by atoms with van der Waals surface area (Å²) in [5, 5.41) is 7.90. The molecule has 0 radical (unpaired) electrons. The van der Waals surface area contributed by atoms with Crippen LogP contribution in [-0.4, -0.2) is 19.5 Å². The van der Waals surface area contributed by atoms with Crippen molar-refractivity contribution in [1.82, 2.24) is 13.7 Å². The Balaban J connectivity index is 2.23. The molecule has 0 aliphatic rings. The average Bonchev–Trinajstić information content (AvgIpc) is 2.66. The molecule has 0 aliphatic carbocycles. The maximum atomic E-state index is 13.0. The van der Waals surface area contributed by atoms with Crippen molar-refractivity contribution in [3.63, 3.8) is 0 Å². The number of ketones is 1. The van der Waals surface area contributed by atoms with Crippen LogP contribution in [0.2, 0.25) is 0 Å². The highest BCUT2D eigenvalue weighted by molar-refractivity contribution is 6.09. The minimum absolute atomic E-state index is 0.0248. The fourth-order valence-electron chi connectivity index (χ4n) is 2.77. The monoisotopic (exact) mass is 350 g/mol. The van der Waals surface area contributed by atoms with E-state index in [0.717, 1.165) is 4.57 Å². The first-order chi connectivity index (χ1) is 12.4. The molecular formula is C19H18N4O3. The van der Waals surface area contributed by atoms with Crippen molar-refractivity contribution in [2.75, 3.05) is 0 Å². The van der Waals surface area contributed by atoms with E-state index < -0.39 is 17.0 Å². The highest BCUT2D eigenvalue weighted by Crippen LogP contribution is 2.11. The van der Waals surface area contributed by atoms with Gasteiger partial charge in [0.2, 0.25) is 0 Å². The van der Waals surface area contributed by atoms with E-state index >= 15 is 0 Å². The molecule has 0 fully saturated rings. The van der Waals surface area contributed by atoms with Crippen LogP contribution in [0.25, 0.3) is 0 Å². The Labute approximate surface area is 148 Å². The summed E-state index contributed by atoms with van der Waals surface area (Å²) in [5.74, 6) is -0.422. The summed E-state index contributed by atoms with van der Waals surface area (Å²) in [7, 11) is 2.90. The van der Waals surface area contributed by atoms with Crippen molar-refractivity contribution in [3.8, 4) is 0 Å². The highest BCUT2D eigenvalue weighted by Gasteiger charge is 2.22. The maximum absolute atomic E-state index is 13.0. The van der Waals surface area contributed by atoms with Gasteiger partial charge in [0.1, 0.15) is 5.56 Å². The van der Waals surface area contributed by atoms with Crippen molar-refractivity contribution in [1.29, 1.82) is 5.41 Å². The van der Waals surface area contributed by atoms with Crippen LogP contribution in [0.5, 0.6) is 0 Å². The largest absolute Gasteiger partial charge is 0.348 e. The standard InChI is InChI=1S/C19H18N4O3/c1-21-15(12-23-10-8-14(20)9-11-23)16(18(25)22(2)19(21)26)17(24)13-6-4-3-5-7-13/h3-11,20H,12H2,1-2H3. The van der Waals surface area contributed by atoms with E-state index in [1.54, 1.807) is 59.4 Å². The third kappa shape index (κ3) is 3.06. The Morgan fingerprint density at radius 2 is 1.58 bits per heavy atom. The Kier molecular flexibility index (Phi) is 4.53. The molecule has 3 rings (SSSR count). The number of hydrogen-bond acceptors (Lipinski definition) is 4. The normalized spacial score (nSPS) is 10.7. The van der Waals surface area contributed by atoms with Gasteiger partial charge in [-0.15, -0.1) is 0 Å². The summed E-state index contributed by atoms with van der Waals surface area (Å²) in [6, 6.07) is 11.7. The van der Waals surface area contributed by atoms with Crippen LogP contribution in [0.3, 0.4) is 0 Å². The maximum Gasteiger partial charge on any atom is 0.330 e. The Morgan fingerprint density at radius 3 is 2.19 bits per heavy atom. The molecule has 0 saturated carbocycles. The number of aromatic nitrogens is 3. The molecular weight excluding hydrogens is 332 g/mol. The predicted octanol–water partition coefficient (Wildman–Crippen LogP) is 0.644. The van der Waals surface area contributed by atoms with Gasteiger partial charge in [-0.1, -0.05) is 30.3 Å². The van der Waals surface area contributed by atoms with E-state index in [0.29, 0.717) is 16.6 Å². The molecule has 1 aromatic carbocycles. The lowest BCUT2D eigenvalue weighted by Gasteiger charge is -2.16. The van der Waals surface area contributed by atoms with Gasteiger partial charge in [0.15, 0.2) is 5.78 Å². The van der Waals surface area contributed by atoms with Crippen LogP contribution in [-0.2, 0) is 20.6 Å². The first kappa shape index (κ1) is 17.3. The number of rotatable bonds is 4. The van der Waals surface area contributed by atoms with E-state index in [9.17, 15) is 14.4 Å². The first-order valence-corrected chi connectivity index (χ1v) is 7.99. The molecule has 3 aromatic rings. The molecule has 26 heavy (non-hydrogen) atoms. The van der Waals surface area contributed by atoms with E-state index in [-0.39, 0.29) is 12.1 Å². The van der Waals surface area contributed by atoms with Gasteiger partial charge in [0, 0.05) is 32.1 Å². The summed E-state index contributed by atoms with van der Waals surface area (Å²) < 4.78 is 3.98. The molecule has 0 saturated heterocycles. The SMILES string of the molecule is Cn1c(Cn2ccc(=N)cc2)c(C(=O)c2ccccc2)c(=O)n(C)c1=O. The van der Waals surface area contributed by atoms with Crippen LogP contribution in [0.1, 0.15) is 21.6 Å². The number of carbonyl (C=O) groups excluding carboxylic acids is 1. The van der Waals surface area contributed by atoms with Crippen LogP contribution in [0.4, 0.5) is 0 Å². The summed E-state index contributed by atoms with van der Waals surface area (Å²) in [6.07, 6.45) is 3.34. The van der Waals surface area contributed by atoms with Gasteiger partial charge in [-0.2, -0.15) is 0 Å². The van der Waals surface area contributed by atoms with Crippen LogP contribution in [0, 0.1) is 5.41 Å². The van der Waals surface area contributed by atoms with Crippen molar-refractivity contribution in [3.05, 3.63) is 97.9 Å². The van der Waals surface area contributed by atoms with Gasteiger partial charge in [0.25, 0.3) is 5.56 Å². The zero-order valence-corrected chi connectivity index (χ0v) is 14.5. The lowest BCUT2D eigenvalue weighted by molar-refractivity contribution is 0.103. The third-order valence-electron chi connectivity index (χ3n) is 4.27. The number of pyridine rings is 1. The van der Waals surface area contributed by atoms with Crippen LogP contribution >= 0.6 is 0 Å². The molecule has 0 amide bonds. The third-order valence-corrected chi connectivity index (χ3v) is 4.27. The van der Waals surface area contributed by atoms with Crippen molar-refractivity contribution < 1.29 is 4.79 Å². The molecule has 0 unspecified atom stereocenters. The highest BCUT2D eigenvalue weighted by atomic mass is 16.2. The quantitative estimate of drug-likeness (QED) is 0.701.